The van der Waals surface area contributed by atoms with Crippen LogP contribution in [-0.2, 0) is 17.6 Å². The Kier molecular flexibility index (Phi) is 4.39. The molecule has 0 spiro atoms. The van der Waals surface area contributed by atoms with E-state index in [2.05, 4.69) is 9.97 Å². The molecule has 6 heteroatoms. The number of fused-ring (bicyclic) bond motifs is 3. The van der Waals surface area contributed by atoms with Crippen molar-refractivity contribution in [1.29, 1.82) is 0 Å². The Morgan fingerprint density at radius 2 is 2.08 bits per heavy atom. The average Bonchev–Trinajstić information content (AvgIpc) is 2.94. The Balaban J connectivity index is 1.66. The number of nitrogens with zero attached hydrogens (tertiary/aromatic N) is 2. The maximum absolute atomic E-state index is 11.1. The fraction of sp³-hybridized carbons (Fsp3) is 0.611. The highest BCUT2D eigenvalue weighted by Crippen LogP contribution is 2.41. The van der Waals surface area contributed by atoms with E-state index in [1.165, 1.54) is 29.7 Å². The number of thiophene rings is 1. The van der Waals surface area contributed by atoms with E-state index in [9.17, 15) is 4.79 Å². The highest BCUT2D eigenvalue weighted by Gasteiger charge is 2.28. The summed E-state index contributed by atoms with van der Waals surface area (Å²) < 4.78 is 6.25. The zero-order chi connectivity index (χ0) is 16.5. The van der Waals surface area contributed by atoms with E-state index in [1.54, 1.807) is 17.7 Å². The summed E-state index contributed by atoms with van der Waals surface area (Å²) >= 11 is 1.72. The van der Waals surface area contributed by atoms with Gasteiger partial charge in [-0.2, -0.15) is 0 Å². The van der Waals surface area contributed by atoms with Gasteiger partial charge in [0.2, 0.25) is 5.88 Å². The topological polar surface area (TPSA) is 72.3 Å². The van der Waals surface area contributed by atoms with Crippen molar-refractivity contribution in [3.8, 4) is 5.88 Å². The van der Waals surface area contributed by atoms with Crippen molar-refractivity contribution < 1.29 is 14.6 Å². The number of carboxylic acid groups (broad SMARTS) is 1. The highest BCUT2D eigenvalue weighted by atomic mass is 32.1. The molecule has 0 bridgehead atoms. The molecule has 0 saturated heterocycles. The van der Waals surface area contributed by atoms with Crippen LogP contribution in [0.5, 0.6) is 5.88 Å². The summed E-state index contributed by atoms with van der Waals surface area (Å²) in [6.45, 7) is 0. The largest absolute Gasteiger partial charge is 0.481 e. The molecule has 1 fully saturated rings. The van der Waals surface area contributed by atoms with Gasteiger partial charge in [-0.15, -0.1) is 11.3 Å². The van der Waals surface area contributed by atoms with Crippen LogP contribution in [0.15, 0.2) is 6.33 Å². The summed E-state index contributed by atoms with van der Waals surface area (Å²) in [7, 11) is 0. The van der Waals surface area contributed by atoms with Crippen LogP contribution in [0.4, 0.5) is 0 Å². The van der Waals surface area contributed by atoms with Crippen LogP contribution in [0.3, 0.4) is 0 Å². The lowest BCUT2D eigenvalue weighted by Crippen LogP contribution is -2.20. The monoisotopic (exact) mass is 346 g/mol. The van der Waals surface area contributed by atoms with Crippen molar-refractivity contribution >= 4 is 27.5 Å². The second-order valence-corrected chi connectivity index (χ2v) is 8.03. The number of ether oxygens (including phenoxy) is 1. The van der Waals surface area contributed by atoms with Crippen LogP contribution < -0.4 is 4.74 Å². The highest BCUT2D eigenvalue weighted by molar-refractivity contribution is 7.18. The van der Waals surface area contributed by atoms with E-state index in [0.717, 1.165) is 42.3 Å². The van der Waals surface area contributed by atoms with Crippen molar-refractivity contribution in [3.63, 3.8) is 0 Å². The molecule has 0 unspecified atom stereocenters. The van der Waals surface area contributed by atoms with Crippen molar-refractivity contribution in [3.05, 3.63) is 16.8 Å². The van der Waals surface area contributed by atoms with E-state index in [4.69, 9.17) is 9.84 Å². The molecule has 1 N–H and O–H groups in total. The lowest BCUT2D eigenvalue weighted by Gasteiger charge is -2.24. The van der Waals surface area contributed by atoms with Crippen LogP contribution in [0.25, 0.3) is 10.2 Å². The molecule has 2 heterocycles. The second kappa shape index (κ2) is 6.67. The molecule has 2 aliphatic rings. The minimum Gasteiger partial charge on any atom is -0.481 e. The second-order valence-electron chi connectivity index (χ2n) is 6.95. The number of aromatic nitrogens is 2. The smallest absolute Gasteiger partial charge is 0.303 e. The maximum atomic E-state index is 11.1. The molecule has 0 amide bonds. The lowest BCUT2D eigenvalue weighted by atomic mass is 9.85. The summed E-state index contributed by atoms with van der Waals surface area (Å²) in [5.74, 6) is 0.203. The zero-order valence-corrected chi connectivity index (χ0v) is 14.5. The van der Waals surface area contributed by atoms with Crippen molar-refractivity contribution in [2.45, 2.75) is 63.9 Å². The van der Waals surface area contributed by atoms with Gasteiger partial charge in [0.25, 0.3) is 0 Å². The molecule has 2 aliphatic carbocycles. The molecule has 5 nitrogen and oxygen atoms in total. The van der Waals surface area contributed by atoms with Gasteiger partial charge in [-0.1, -0.05) is 6.42 Å². The summed E-state index contributed by atoms with van der Waals surface area (Å²) in [5, 5.41) is 10.1. The number of hydrogen-bond acceptors (Lipinski definition) is 5. The molecular weight excluding hydrogens is 324 g/mol. The number of aliphatic carboxylic acids is 1. The van der Waals surface area contributed by atoms with Crippen LogP contribution in [0.2, 0.25) is 0 Å². The first-order valence-corrected chi connectivity index (χ1v) is 9.66. The van der Waals surface area contributed by atoms with Crippen LogP contribution in [0, 0.1) is 5.92 Å². The van der Waals surface area contributed by atoms with E-state index < -0.39 is 5.97 Å². The molecule has 0 aromatic carbocycles. The molecule has 0 radical (unpaired) electrons. The van der Waals surface area contributed by atoms with Crippen molar-refractivity contribution in [1.82, 2.24) is 9.97 Å². The van der Waals surface area contributed by atoms with Gasteiger partial charge >= 0.3 is 5.97 Å². The van der Waals surface area contributed by atoms with Gasteiger partial charge in [-0.25, -0.2) is 9.97 Å². The van der Waals surface area contributed by atoms with Gasteiger partial charge in [0.15, 0.2) is 0 Å². The van der Waals surface area contributed by atoms with Gasteiger partial charge in [0.1, 0.15) is 17.3 Å². The molecule has 1 atom stereocenters. The third-order valence-corrected chi connectivity index (χ3v) is 6.40. The summed E-state index contributed by atoms with van der Waals surface area (Å²) in [4.78, 5) is 22.2. The summed E-state index contributed by atoms with van der Waals surface area (Å²) in [6, 6.07) is 0. The van der Waals surface area contributed by atoms with Crippen LogP contribution >= 0.6 is 11.3 Å². The summed E-state index contributed by atoms with van der Waals surface area (Å²) in [6.07, 6.45) is 10.7. The number of aryl methyl sites for hydroxylation is 1. The molecule has 1 saturated carbocycles. The van der Waals surface area contributed by atoms with Crippen molar-refractivity contribution in [2.75, 3.05) is 0 Å². The Bertz CT molecular complexity index is 752. The quantitative estimate of drug-likeness (QED) is 0.906. The Hall–Kier alpha value is -1.69. The Labute approximate surface area is 145 Å². The molecule has 2 aromatic heterocycles. The maximum Gasteiger partial charge on any atom is 0.303 e. The van der Waals surface area contributed by atoms with E-state index in [0.29, 0.717) is 5.88 Å². The van der Waals surface area contributed by atoms with Gasteiger partial charge in [0, 0.05) is 11.3 Å². The molecule has 128 valence electrons. The van der Waals surface area contributed by atoms with Crippen molar-refractivity contribution in [2.24, 2.45) is 5.92 Å². The Morgan fingerprint density at radius 1 is 1.25 bits per heavy atom. The lowest BCUT2D eigenvalue weighted by molar-refractivity contribution is -0.138. The van der Waals surface area contributed by atoms with Crippen LogP contribution in [0.1, 0.15) is 55.4 Å². The molecular formula is C18H22N2O3S. The average molecular weight is 346 g/mol. The molecule has 4 rings (SSSR count). The number of rotatable bonds is 4. The van der Waals surface area contributed by atoms with Gasteiger partial charge < -0.3 is 9.84 Å². The third kappa shape index (κ3) is 3.11. The van der Waals surface area contributed by atoms with E-state index in [1.807, 2.05) is 0 Å². The number of carbonyl (C=O) groups is 1. The predicted molar refractivity (Wildman–Crippen MR) is 92.7 cm³/mol. The standard InChI is InChI=1S/C18H22N2O3S/c21-15(22)9-11-6-7-14-13(8-11)16-17(19-10-20-18(16)24-14)23-12-4-2-1-3-5-12/h10-12H,1-9H2,(H,21,22)/t11-/m1/s1. The van der Waals surface area contributed by atoms with Crippen LogP contribution in [-0.4, -0.2) is 27.1 Å². The fourth-order valence-electron chi connectivity index (χ4n) is 4.00. The SMILES string of the molecule is O=C(O)C[C@@H]1CCc2sc3ncnc(OC4CCCCC4)c3c2C1. The predicted octanol–water partition coefficient (Wildman–Crippen LogP) is 3.98. The molecule has 2 aromatic rings. The fourth-order valence-corrected chi connectivity index (χ4v) is 5.18. The first-order valence-electron chi connectivity index (χ1n) is 8.84. The minimum absolute atomic E-state index is 0.204. The molecule has 0 aliphatic heterocycles. The normalized spacial score (nSPS) is 21.6. The zero-order valence-electron chi connectivity index (χ0n) is 13.7. The third-order valence-electron chi connectivity index (χ3n) is 5.20. The van der Waals surface area contributed by atoms with E-state index >= 15 is 0 Å². The van der Waals surface area contributed by atoms with Gasteiger partial charge in [0.05, 0.1) is 5.39 Å². The Morgan fingerprint density at radius 3 is 2.88 bits per heavy atom. The van der Waals surface area contributed by atoms with E-state index in [-0.39, 0.29) is 18.4 Å². The van der Waals surface area contributed by atoms with Gasteiger partial charge in [-0.3, -0.25) is 4.79 Å². The van der Waals surface area contributed by atoms with Gasteiger partial charge in [-0.05, 0) is 56.4 Å². The molecule has 24 heavy (non-hydrogen) atoms. The minimum atomic E-state index is -0.710. The number of hydrogen-bond donors (Lipinski definition) is 1. The first kappa shape index (κ1) is 15.8. The number of carboxylic acids is 1. The first-order chi connectivity index (χ1) is 11.7. The summed E-state index contributed by atoms with van der Waals surface area (Å²) in [5.41, 5.74) is 1.24.